The zero-order chi connectivity index (χ0) is 22.6. The van der Waals surface area contributed by atoms with Crippen molar-refractivity contribution in [2.24, 2.45) is 5.92 Å². The molecule has 0 saturated heterocycles. The second kappa shape index (κ2) is 9.46. The number of fused-ring (bicyclic) bond motifs is 1. The van der Waals surface area contributed by atoms with E-state index in [1.54, 1.807) is 19.4 Å². The molecule has 0 aromatic carbocycles. The monoisotopic (exact) mass is 440 g/mol. The van der Waals surface area contributed by atoms with E-state index in [2.05, 4.69) is 14.5 Å². The van der Waals surface area contributed by atoms with Gasteiger partial charge in [-0.1, -0.05) is 6.07 Å². The Morgan fingerprint density at radius 2 is 1.97 bits per heavy atom. The first-order valence-corrected chi connectivity index (χ1v) is 9.74. The lowest BCUT2D eigenvalue weighted by Crippen LogP contribution is -2.40. The zero-order valence-corrected chi connectivity index (χ0v) is 16.9. The van der Waals surface area contributed by atoms with Crippen LogP contribution in [0.1, 0.15) is 40.6 Å². The Hall–Kier alpha value is -2.95. The minimum Gasteiger partial charge on any atom is -0.475 e. The molecule has 1 amide bonds. The number of nitrogens with zero attached hydrogens (tertiary/aromatic N) is 4. The lowest BCUT2D eigenvalue weighted by atomic mass is 9.98. The van der Waals surface area contributed by atoms with Crippen molar-refractivity contribution in [2.45, 2.75) is 38.0 Å². The van der Waals surface area contributed by atoms with Crippen LogP contribution in [-0.4, -0.2) is 62.9 Å². The Balaban J connectivity index is 0.000000339. The van der Waals surface area contributed by atoms with E-state index in [0.717, 1.165) is 18.2 Å². The number of hydrogen-bond donors (Lipinski definition) is 1. The van der Waals surface area contributed by atoms with E-state index in [1.807, 2.05) is 23.4 Å². The number of carbonyl (C=O) groups excluding carboxylic acids is 1. The number of hydrogen-bond acceptors (Lipinski definition) is 5. The van der Waals surface area contributed by atoms with Gasteiger partial charge in [0.15, 0.2) is 0 Å². The number of ether oxygens (including phenoxy) is 1. The van der Waals surface area contributed by atoms with Crippen LogP contribution in [0.15, 0.2) is 30.7 Å². The van der Waals surface area contributed by atoms with Crippen LogP contribution in [0, 0.1) is 5.92 Å². The molecule has 1 fully saturated rings. The van der Waals surface area contributed by atoms with Crippen molar-refractivity contribution in [1.82, 2.24) is 19.4 Å². The van der Waals surface area contributed by atoms with Crippen LogP contribution in [0.2, 0.25) is 0 Å². The van der Waals surface area contributed by atoms with Crippen molar-refractivity contribution < 1.29 is 32.6 Å². The Labute approximate surface area is 176 Å². The predicted molar refractivity (Wildman–Crippen MR) is 102 cm³/mol. The van der Waals surface area contributed by atoms with Crippen molar-refractivity contribution in [1.29, 1.82) is 0 Å². The molecule has 1 aliphatic heterocycles. The third kappa shape index (κ3) is 5.81. The van der Waals surface area contributed by atoms with Gasteiger partial charge in [0.05, 0.1) is 25.2 Å². The molecule has 1 aliphatic carbocycles. The minimum atomic E-state index is -5.08. The maximum atomic E-state index is 12.7. The number of imidazole rings is 1. The number of carboxylic acids is 1. The van der Waals surface area contributed by atoms with Crippen molar-refractivity contribution in [3.63, 3.8) is 0 Å². The maximum Gasteiger partial charge on any atom is 0.490 e. The van der Waals surface area contributed by atoms with Crippen molar-refractivity contribution in [3.8, 4) is 0 Å². The molecule has 0 radical (unpaired) electrons. The standard InChI is InChI=1S/C18H22N4O2.C2HF3O2/c1-24-11-14-9-21(18(23)15-4-2-3-7-19-15)10-16-17(14)22(12-20-16)8-13-5-6-13;3-2(4,5)1(6)7/h2-4,7,12-14H,5-6,8-11H2,1H3;(H,6,7). The van der Waals surface area contributed by atoms with Gasteiger partial charge in [0.1, 0.15) is 5.69 Å². The van der Waals surface area contributed by atoms with Gasteiger partial charge in [-0.2, -0.15) is 13.2 Å². The van der Waals surface area contributed by atoms with Gasteiger partial charge in [0, 0.05) is 38.0 Å². The van der Waals surface area contributed by atoms with E-state index in [0.29, 0.717) is 25.4 Å². The number of halogens is 3. The van der Waals surface area contributed by atoms with Gasteiger partial charge in [-0.25, -0.2) is 9.78 Å². The van der Waals surface area contributed by atoms with Gasteiger partial charge >= 0.3 is 12.1 Å². The molecule has 1 unspecified atom stereocenters. The number of pyridine rings is 1. The summed E-state index contributed by atoms with van der Waals surface area (Å²) < 4.78 is 39.4. The summed E-state index contributed by atoms with van der Waals surface area (Å²) >= 11 is 0. The minimum absolute atomic E-state index is 0.0425. The highest BCUT2D eigenvalue weighted by molar-refractivity contribution is 5.92. The second-order valence-electron chi connectivity index (χ2n) is 7.53. The first-order valence-electron chi connectivity index (χ1n) is 9.74. The van der Waals surface area contributed by atoms with Gasteiger partial charge < -0.3 is 19.3 Å². The van der Waals surface area contributed by atoms with E-state index in [4.69, 9.17) is 14.6 Å². The average molecular weight is 440 g/mol. The summed E-state index contributed by atoms with van der Waals surface area (Å²) in [7, 11) is 1.71. The molecule has 8 nitrogen and oxygen atoms in total. The molecule has 11 heteroatoms. The molecule has 2 aromatic heterocycles. The van der Waals surface area contributed by atoms with Crippen LogP contribution >= 0.6 is 0 Å². The summed E-state index contributed by atoms with van der Waals surface area (Å²) in [5, 5.41) is 7.12. The SMILES string of the molecule is COCC1CN(C(=O)c2ccccn2)Cc2ncn(CC3CC3)c21.O=C(O)C(F)(F)F. The summed E-state index contributed by atoms with van der Waals surface area (Å²) in [6.07, 6.45) is 1.12. The molecule has 4 rings (SSSR count). The normalized spacial score (nSPS) is 18.1. The van der Waals surface area contributed by atoms with Crippen LogP contribution in [-0.2, 0) is 22.6 Å². The van der Waals surface area contributed by atoms with Gasteiger partial charge in [-0.05, 0) is 30.9 Å². The van der Waals surface area contributed by atoms with Crippen LogP contribution in [0.3, 0.4) is 0 Å². The Bertz CT molecular complexity index is 913. The lowest BCUT2D eigenvalue weighted by Gasteiger charge is -2.33. The first kappa shape index (κ1) is 22.7. The molecule has 0 bridgehead atoms. The highest BCUT2D eigenvalue weighted by atomic mass is 19.4. The Kier molecular flexibility index (Phi) is 6.94. The van der Waals surface area contributed by atoms with Crippen LogP contribution < -0.4 is 0 Å². The molecule has 1 N–H and O–H groups in total. The van der Waals surface area contributed by atoms with Gasteiger partial charge in [0.25, 0.3) is 5.91 Å². The second-order valence-corrected chi connectivity index (χ2v) is 7.53. The predicted octanol–water partition coefficient (Wildman–Crippen LogP) is 2.71. The highest BCUT2D eigenvalue weighted by Crippen LogP contribution is 2.34. The van der Waals surface area contributed by atoms with E-state index < -0.39 is 12.1 Å². The van der Waals surface area contributed by atoms with Crippen LogP contribution in [0.5, 0.6) is 0 Å². The van der Waals surface area contributed by atoms with E-state index in [1.165, 1.54) is 18.5 Å². The number of carboxylic acid groups (broad SMARTS) is 1. The topological polar surface area (TPSA) is 97.5 Å². The fourth-order valence-electron chi connectivity index (χ4n) is 3.49. The summed E-state index contributed by atoms with van der Waals surface area (Å²) in [5.41, 5.74) is 2.72. The molecule has 2 aromatic rings. The smallest absolute Gasteiger partial charge is 0.475 e. The van der Waals surface area contributed by atoms with E-state index in [-0.39, 0.29) is 11.8 Å². The third-order valence-electron chi connectivity index (χ3n) is 5.06. The number of amides is 1. The molecular formula is C20H23F3N4O4. The zero-order valence-electron chi connectivity index (χ0n) is 16.9. The van der Waals surface area contributed by atoms with Gasteiger partial charge in [0.2, 0.25) is 0 Å². The molecule has 3 heterocycles. The average Bonchev–Trinajstić information content (AvgIpc) is 3.46. The summed E-state index contributed by atoms with van der Waals surface area (Å²) in [4.78, 5) is 32.2. The van der Waals surface area contributed by atoms with E-state index in [9.17, 15) is 18.0 Å². The number of rotatable bonds is 5. The number of aromatic nitrogens is 3. The lowest BCUT2D eigenvalue weighted by molar-refractivity contribution is -0.192. The number of methoxy groups -OCH3 is 1. The Morgan fingerprint density at radius 1 is 1.26 bits per heavy atom. The van der Waals surface area contributed by atoms with E-state index >= 15 is 0 Å². The molecular weight excluding hydrogens is 417 g/mol. The number of alkyl halides is 3. The summed E-state index contributed by atoms with van der Waals surface area (Å²) in [6.45, 7) is 2.82. The highest BCUT2D eigenvalue weighted by Gasteiger charge is 2.38. The number of carbonyl (C=O) groups is 2. The molecule has 168 valence electrons. The van der Waals surface area contributed by atoms with Crippen molar-refractivity contribution in [3.05, 3.63) is 47.8 Å². The fourth-order valence-corrected chi connectivity index (χ4v) is 3.49. The van der Waals surface area contributed by atoms with Gasteiger partial charge in [-0.3, -0.25) is 9.78 Å². The molecule has 1 atom stereocenters. The van der Waals surface area contributed by atoms with Crippen LogP contribution in [0.4, 0.5) is 13.2 Å². The van der Waals surface area contributed by atoms with Gasteiger partial charge in [-0.15, -0.1) is 0 Å². The quantitative estimate of drug-likeness (QED) is 0.768. The fraction of sp³-hybridized carbons (Fsp3) is 0.500. The van der Waals surface area contributed by atoms with Crippen LogP contribution in [0.25, 0.3) is 0 Å². The molecule has 1 saturated carbocycles. The summed E-state index contributed by atoms with van der Waals surface area (Å²) in [5.74, 6) is -1.85. The summed E-state index contributed by atoms with van der Waals surface area (Å²) in [6, 6.07) is 5.42. The molecule has 0 spiro atoms. The van der Waals surface area contributed by atoms with Crippen molar-refractivity contribution >= 4 is 11.9 Å². The Morgan fingerprint density at radius 3 is 2.52 bits per heavy atom. The van der Waals surface area contributed by atoms with Crippen molar-refractivity contribution in [2.75, 3.05) is 20.3 Å². The molecule has 2 aliphatic rings. The largest absolute Gasteiger partial charge is 0.490 e. The first-order chi connectivity index (χ1) is 14.7. The third-order valence-corrected chi connectivity index (χ3v) is 5.06. The maximum absolute atomic E-state index is 12.7. The number of aliphatic carboxylic acids is 1. The molecule has 31 heavy (non-hydrogen) atoms.